The standard InChI is InChI=1S/C16H10ClF5O5S/c1-26-14(23)5-8-2-3-10(11(17)4-8)15-12(18)6-9(7-13(15)19)27-28(24,25)16(20,21)22/h2-4,6-7H,5H2,1H3. The first-order valence-electron chi connectivity index (χ1n) is 7.21. The van der Waals surface area contributed by atoms with Crippen LogP contribution in [0.3, 0.4) is 0 Å². The van der Waals surface area contributed by atoms with Crippen molar-refractivity contribution in [1.29, 1.82) is 0 Å². The summed E-state index contributed by atoms with van der Waals surface area (Å²) in [6, 6.07) is 4.34. The van der Waals surface area contributed by atoms with E-state index in [-0.39, 0.29) is 29.1 Å². The molecule has 0 fully saturated rings. The fourth-order valence-corrected chi connectivity index (χ4v) is 2.88. The van der Waals surface area contributed by atoms with Crippen LogP contribution in [0, 0.1) is 11.6 Å². The van der Waals surface area contributed by atoms with Crippen LogP contribution in [0.4, 0.5) is 22.0 Å². The van der Waals surface area contributed by atoms with Gasteiger partial charge in [0.25, 0.3) is 0 Å². The number of rotatable bonds is 5. The molecule has 0 aliphatic heterocycles. The number of hydrogen-bond acceptors (Lipinski definition) is 5. The van der Waals surface area contributed by atoms with Gasteiger partial charge in [-0.3, -0.25) is 4.79 Å². The van der Waals surface area contributed by atoms with Crippen LogP contribution in [0.25, 0.3) is 11.1 Å². The summed E-state index contributed by atoms with van der Waals surface area (Å²) in [6.45, 7) is 0. The van der Waals surface area contributed by atoms with Gasteiger partial charge < -0.3 is 8.92 Å². The van der Waals surface area contributed by atoms with E-state index in [1.807, 2.05) is 0 Å². The lowest BCUT2D eigenvalue weighted by Gasteiger charge is -2.13. The predicted octanol–water partition coefficient (Wildman–Crippen LogP) is 4.23. The SMILES string of the molecule is COC(=O)Cc1ccc(-c2c(F)cc(OS(=O)(=O)C(F)(F)F)cc2F)c(Cl)c1. The third-order valence-corrected chi connectivity index (χ3v) is 4.68. The normalized spacial score (nSPS) is 12.0. The van der Waals surface area contributed by atoms with Crippen molar-refractivity contribution >= 4 is 27.7 Å². The van der Waals surface area contributed by atoms with Gasteiger partial charge in [0.1, 0.15) is 17.4 Å². The Morgan fingerprint density at radius 1 is 1.11 bits per heavy atom. The highest BCUT2D eigenvalue weighted by Gasteiger charge is 2.48. The Kier molecular flexibility index (Phi) is 6.19. The summed E-state index contributed by atoms with van der Waals surface area (Å²) < 4.78 is 95.6. The minimum Gasteiger partial charge on any atom is -0.469 e. The summed E-state index contributed by atoms with van der Waals surface area (Å²) in [4.78, 5) is 11.2. The van der Waals surface area contributed by atoms with Gasteiger partial charge in [-0.25, -0.2) is 8.78 Å². The zero-order valence-corrected chi connectivity index (χ0v) is 15.4. The number of carbonyl (C=O) groups excluding carboxylic acids is 1. The number of esters is 1. The van der Waals surface area contributed by atoms with E-state index in [4.69, 9.17) is 11.6 Å². The van der Waals surface area contributed by atoms with E-state index in [2.05, 4.69) is 8.92 Å². The Labute approximate surface area is 160 Å². The summed E-state index contributed by atoms with van der Waals surface area (Å²) in [6.07, 6.45) is -0.149. The fourth-order valence-electron chi connectivity index (χ4n) is 2.14. The van der Waals surface area contributed by atoms with Crippen molar-refractivity contribution in [2.75, 3.05) is 7.11 Å². The van der Waals surface area contributed by atoms with Crippen LogP contribution in [-0.2, 0) is 26.1 Å². The fraction of sp³-hybridized carbons (Fsp3) is 0.188. The van der Waals surface area contributed by atoms with Crippen LogP contribution in [0.1, 0.15) is 5.56 Å². The Bertz CT molecular complexity index is 998. The molecular weight excluding hydrogens is 435 g/mol. The lowest BCUT2D eigenvalue weighted by molar-refractivity contribution is -0.139. The van der Waals surface area contributed by atoms with Gasteiger partial charge in [-0.15, -0.1) is 0 Å². The number of benzene rings is 2. The molecule has 2 aromatic rings. The summed E-state index contributed by atoms with van der Waals surface area (Å²) in [5.41, 5.74) is -6.27. The number of hydrogen-bond donors (Lipinski definition) is 0. The van der Waals surface area contributed by atoms with Crippen molar-refractivity contribution < 1.29 is 44.1 Å². The molecule has 0 bridgehead atoms. The number of ether oxygens (including phenoxy) is 1. The van der Waals surface area contributed by atoms with Gasteiger partial charge in [-0.05, 0) is 11.6 Å². The Hall–Kier alpha value is -2.40. The molecule has 0 saturated heterocycles. The highest BCUT2D eigenvalue weighted by molar-refractivity contribution is 7.88. The van der Waals surface area contributed by atoms with Gasteiger partial charge in [0.15, 0.2) is 0 Å². The monoisotopic (exact) mass is 444 g/mol. The Balaban J connectivity index is 2.42. The lowest BCUT2D eigenvalue weighted by atomic mass is 10.0. The Morgan fingerprint density at radius 3 is 2.14 bits per heavy atom. The van der Waals surface area contributed by atoms with Crippen molar-refractivity contribution in [3.05, 3.63) is 52.6 Å². The molecule has 2 rings (SSSR count). The van der Waals surface area contributed by atoms with Gasteiger partial charge in [-0.2, -0.15) is 21.6 Å². The molecule has 0 amide bonds. The van der Waals surface area contributed by atoms with Gasteiger partial charge in [-0.1, -0.05) is 23.7 Å². The van der Waals surface area contributed by atoms with Crippen molar-refractivity contribution in [3.63, 3.8) is 0 Å². The van der Waals surface area contributed by atoms with Crippen LogP contribution in [0.5, 0.6) is 5.75 Å². The maximum Gasteiger partial charge on any atom is 0.534 e. The van der Waals surface area contributed by atoms with Crippen LogP contribution in [-0.4, -0.2) is 27.0 Å². The van der Waals surface area contributed by atoms with Gasteiger partial charge in [0.2, 0.25) is 0 Å². The molecule has 0 atom stereocenters. The summed E-state index contributed by atoms with van der Waals surface area (Å²) in [7, 11) is -4.92. The van der Waals surface area contributed by atoms with E-state index in [1.54, 1.807) is 0 Å². The molecule has 0 radical (unpaired) electrons. The smallest absolute Gasteiger partial charge is 0.469 e. The summed E-state index contributed by atoms with van der Waals surface area (Å²) in [5, 5.41) is -0.157. The zero-order chi connectivity index (χ0) is 21.3. The highest BCUT2D eigenvalue weighted by Crippen LogP contribution is 2.36. The maximum absolute atomic E-state index is 14.3. The van der Waals surface area contributed by atoms with Gasteiger partial charge in [0.05, 0.1) is 19.1 Å². The molecule has 0 aromatic heterocycles. The molecule has 0 heterocycles. The molecule has 0 saturated carbocycles. The molecular formula is C16H10ClF5O5S. The molecule has 0 unspecified atom stereocenters. The molecule has 0 N–H and O–H groups in total. The largest absolute Gasteiger partial charge is 0.534 e. The van der Waals surface area contributed by atoms with Crippen LogP contribution in [0.2, 0.25) is 5.02 Å². The Morgan fingerprint density at radius 2 is 1.68 bits per heavy atom. The van der Waals surface area contributed by atoms with E-state index in [1.165, 1.54) is 25.3 Å². The average Bonchev–Trinajstić information content (AvgIpc) is 2.54. The van der Waals surface area contributed by atoms with E-state index >= 15 is 0 Å². The number of alkyl halides is 3. The van der Waals surface area contributed by atoms with Crippen molar-refractivity contribution in [1.82, 2.24) is 0 Å². The highest BCUT2D eigenvalue weighted by atomic mass is 35.5. The lowest BCUT2D eigenvalue weighted by Crippen LogP contribution is -2.28. The average molecular weight is 445 g/mol. The quantitative estimate of drug-likeness (QED) is 0.299. The third-order valence-electron chi connectivity index (χ3n) is 3.38. The van der Waals surface area contributed by atoms with Gasteiger partial charge in [0, 0.05) is 22.7 Å². The van der Waals surface area contributed by atoms with E-state index < -0.39 is 44.5 Å². The molecule has 0 spiro atoms. The first-order valence-corrected chi connectivity index (χ1v) is 8.99. The van der Waals surface area contributed by atoms with Crippen LogP contribution < -0.4 is 4.18 Å². The molecule has 152 valence electrons. The second-order valence-electron chi connectivity index (χ2n) is 5.31. The maximum atomic E-state index is 14.3. The van der Waals surface area contributed by atoms with Crippen LogP contribution in [0.15, 0.2) is 30.3 Å². The van der Waals surface area contributed by atoms with Gasteiger partial charge >= 0.3 is 21.6 Å². The van der Waals surface area contributed by atoms with Crippen molar-refractivity contribution in [3.8, 4) is 16.9 Å². The molecule has 28 heavy (non-hydrogen) atoms. The molecule has 0 aliphatic carbocycles. The topological polar surface area (TPSA) is 69.7 Å². The van der Waals surface area contributed by atoms with Crippen molar-refractivity contribution in [2.24, 2.45) is 0 Å². The second-order valence-corrected chi connectivity index (χ2v) is 7.26. The first kappa shape index (κ1) is 21.9. The number of carbonyl (C=O) groups is 1. The van der Waals surface area contributed by atoms with E-state index in [0.717, 1.165) is 0 Å². The first-order chi connectivity index (χ1) is 12.9. The summed E-state index contributed by atoms with van der Waals surface area (Å²) in [5.74, 6) is -4.59. The van der Waals surface area contributed by atoms with E-state index in [0.29, 0.717) is 5.56 Å². The molecule has 2 aromatic carbocycles. The molecule has 12 heteroatoms. The zero-order valence-electron chi connectivity index (χ0n) is 13.8. The minimum absolute atomic E-state index is 0.149. The second kappa shape index (κ2) is 7.92. The summed E-state index contributed by atoms with van der Waals surface area (Å²) >= 11 is 5.98. The number of halogens is 6. The van der Waals surface area contributed by atoms with E-state index in [9.17, 15) is 35.2 Å². The van der Waals surface area contributed by atoms with Crippen LogP contribution >= 0.6 is 11.6 Å². The van der Waals surface area contributed by atoms with Crippen molar-refractivity contribution in [2.45, 2.75) is 11.9 Å². The number of methoxy groups -OCH3 is 1. The molecule has 0 aliphatic rings. The third kappa shape index (κ3) is 4.71. The predicted molar refractivity (Wildman–Crippen MR) is 88.1 cm³/mol. The minimum atomic E-state index is -6.09. The molecule has 5 nitrogen and oxygen atoms in total.